The summed E-state index contributed by atoms with van der Waals surface area (Å²) in [4.78, 5) is 17.4. The summed E-state index contributed by atoms with van der Waals surface area (Å²) in [5, 5.41) is 3.20. The molecule has 2 aromatic carbocycles. The Hall–Kier alpha value is -3.34. The molecule has 34 heavy (non-hydrogen) atoms. The number of nitrogens with one attached hydrogen (secondary N) is 1. The highest BCUT2D eigenvalue weighted by molar-refractivity contribution is 7.92. The van der Waals surface area contributed by atoms with E-state index in [0.717, 1.165) is 54.7 Å². The van der Waals surface area contributed by atoms with Gasteiger partial charge in [-0.1, -0.05) is 30.3 Å². The zero-order chi connectivity index (χ0) is 23.4. The van der Waals surface area contributed by atoms with Gasteiger partial charge in [0.25, 0.3) is 10.0 Å². The Bertz CT molecular complexity index is 1320. The SMILES string of the molecule is O=S(=O)(Nc1ccncn1)c1ccc(N2CCN(Cc3csc(-c4ccccc4)n3)CC2)cc1. The molecule has 0 atom stereocenters. The summed E-state index contributed by atoms with van der Waals surface area (Å²) in [5.74, 6) is 0.242. The minimum absolute atomic E-state index is 0.200. The molecule has 0 bridgehead atoms. The first-order valence-electron chi connectivity index (χ1n) is 10.9. The minimum atomic E-state index is -3.70. The van der Waals surface area contributed by atoms with Crippen molar-refractivity contribution in [3.8, 4) is 10.6 Å². The fourth-order valence-electron chi connectivity index (χ4n) is 3.87. The smallest absolute Gasteiger partial charge is 0.263 e. The Balaban J connectivity index is 1.16. The van der Waals surface area contributed by atoms with Gasteiger partial charge in [-0.25, -0.2) is 23.4 Å². The van der Waals surface area contributed by atoms with Crippen molar-refractivity contribution in [3.63, 3.8) is 0 Å². The van der Waals surface area contributed by atoms with Crippen LogP contribution >= 0.6 is 11.3 Å². The van der Waals surface area contributed by atoms with E-state index in [2.05, 4.69) is 42.0 Å². The molecule has 0 unspecified atom stereocenters. The van der Waals surface area contributed by atoms with Gasteiger partial charge < -0.3 is 4.90 Å². The van der Waals surface area contributed by atoms with Crippen LogP contribution in [0, 0.1) is 0 Å². The van der Waals surface area contributed by atoms with Crippen molar-refractivity contribution in [1.29, 1.82) is 0 Å². The fraction of sp³-hybridized carbons (Fsp3) is 0.208. The number of anilines is 2. The second kappa shape index (κ2) is 9.88. The van der Waals surface area contributed by atoms with Crippen LogP contribution in [0.3, 0.4) is 0 Å². The van der Waals surface area contributed by atoms with E-state index in [0.29, 0.717) is 0 Å². The quantitative estimate of drug-likeness (QED) is 0.420. The van der Waals surface area contributed by atoms with Gasteiger partial charge in [0.1, 0.15) is 17.2 Å². The molecular formula is C24H24N6O2S2. The first-order valence-corrected chi connectivity index (χ1v) is 13.3. The van der Waals surface area contributed by atoms with Crippen molar-refractivity contribution in [2.75, 3.05) is 35.8 Å². The molecule has 3 heterocycles. The van der Waals surface area contributed by atoms with Crippen LogP contribution in [-0.2, 0) is 16.6 Å². The van der Waals surface area contributed by atoms with Crippen LogP contribution < -0.4 is 9.62 Å². The maximum atomic E-state index is 12.6. The number of sulfonamides is 1. The molecule has 4 aromatic rings. The number of piperazine rings is 1. The summed E-state index contributed by atoms with van der Waals surface area (Å²) in [6.45, 7) is 4.44. The molecule has 0 aliphatic carbocycles. The lowest BCUT2D eigenvalue weighted by molar-refractivity contribution is 0.247. The number of benzene rings is 2. The Labute approximate surface area is 203 Å². The summed E-state index contributed by atoms with van der Waals surface area (Å²) in [6, 6.07) is 18.7. The van der Waals surface area contributed by atoms with Gasteiger partial charge in [0.15, 0.2) is 0 Å². The minimum Gasteiger partial charge on any atom is -0.369 e. The molecule has 1 aliphatic rings. The van der Waals surface area contributed by atoms with Crippen LogP contribution in [0.25, 0.3) is 10.6 Å². The monoisotopic (exact) mass is 492 g/mol. The Morgan fingerprint density at radius 2 is 1.71 bits per heavy atom. The molecule has 5 rings (SSSR count). The van der Waals surface area contributed by atoms with E-state index in [1.807, 2.05) is 30.3 Å². The lowest BCUT2D eigenvalue weighted by Gasteiger charge is -2.35. The van der Waals surface area contributed by atoms with Crippen LogP contribution in [0.2, 0.25) is 0 Å². The predicted octanol–water partition coefficient (Wildman–Crippen LogP) is 3.72. The van der Waals surface area contributed by atoms with E-state index in [1.54, 1.807) is 23.5 Å². The van der Waals surface area contributed by atoms with Crippen molar-refractivity contribution >= 4 is 32.9 Å². The van der Waals surface area contributed by atoms with Crippen molar-refractivity contribution in [3.05, 3.63) is 84.3 Å². The molecule has 0 radical (unpaired) electrons. The van der Waals surface area contributed by atoms with Gasteiger partial charge in [0.2, 0.25) is 0 Å². The van der Waals surface area contributed by atoms with Gasteiger partial charge in [-0.3, -0.25) is 9.62 Å². The number of hydrogen-bond donors (Lipinski definition) is 1. The molecule has 1 aliphatic heterocycles. The molecule has 0 amide bonds. The number of aromatic nitrogens is 3. The largest absolute Gasteiger partial charge is 0.369 e. The average molecular weight is 493 g/mol. The van der Waals surface area contributed by atoms with Gasteiger partial charge in [0.05, 0.1) is 10.6 Å². The maximum Gasteiger partial charge on any atom is 0.263 e. The average Bonchev–Trinajstić information content (AvgIpc) is 3.34. The van der Waals surface area contributed by atoms with E-state index in [9.17, 15) is 8.42 Å². The Morgan fingerprint density at radius 1 is 0.941 bits per heavy atom. The molecule has 10 heteroatoms. The standard InChI is InChI=1S/C24H24N6O2S2/c31-34(32,28-23-10-11-25-18-26-23)22-8-6-21(7-9-22)30-14-12-29(13-15-30)16-20-17-33-24(27-20)19-4-2-1-3-5-19/h1-11,17-18H,12-16H2,(H,25,26,28). The van der Waals surface area contributed by atoms with Gasteiger partial charge in [-0.15, -0.1) is 11.3 Å². The van der Waals surface area contributed by atoms with Crippen molar-refractivity contribution in [2.24, 2.45) is 0 Å². The highest BCUT2D eigenvalue weighted by Crippen LogP contribution is 2.25. The zero-order valence-corrected chi connectivity index (χ0v) is 20.0. The molecular weight excluding hydrogens is 468 g/mol. The summed E-state index contributed by atoms with van der Waals surface area (Å²) < 4.78 is 27.7. The second-order valence-electron chi connectivity index (χ2n) is 7.97. The van der Waals surface area contributed by atoms with Crippen molar-refractivity contribution in [2.45, 2.75) is 11.4 Å². The summed E-state index contributed by atoms with van der Waals surface area (Å²) >= 11 is 1.68. The highest BCUT2D eigenvalue weighted by atomic mass is 32.2. The van der Waals surface area contributed by atoms with Gasteiger partial charge >= 0.3 is 0 Å². The van der Waals surface area contributed by atoms with Crippen LogP contribution in [0.5, 0.6) is 0 Å². The Morgan fingerprint density at radius 3 is 2.41 bits per heavy atom. The lowest BCUT2D eigenvalue weighted by Crippen LogP contribution is -2.46. The molecule has 0 spiro atoms. The summed E-state index contributed by atoms with van der Waals surface area (Å²) in [5.41, 5.74) is 3.27. The van der Waals surface area contributed by atoms with E-state index in [-0.39, 0.29) is 10.7 Å². The topological polar surface area (TPSA) is 91.3 Å². The first-order chi connectivity index (χ1) is 16.6. The lowest BCUT2D eigenvalue weighted by atomic mass is 10.2. The number of hydrogen-bond acceptors (Lipinski definition) is 8. The predicted molar refractivity (Wildman–Crippen MR) is 134 cm³/mol. The third-order valence-electron chi connectivity index (χ3n) is 5.66. The molecule has 2 aromatic heterocycles. The van der Waals surface area contributed by atoms with Gasteiger partial charge in [-0.2, -0.15) is 0 Å². The molecule has 1 fully saturated rings. The fourth-order valence-corrected chi connectivity index (χ4v) is 5.70. The molecule has 174 valence electrons. The van der Waals surface area contributed by atoms with Crippen molar-refractivity contribution < 1.29 is 8.42 Å². The highest BCUT2D eigenvalue weighted by Gasteiger charge is 2.20. The van der Waals surface area contributed by atoms with Gasteiger partial charge in [-0.05, 0) is 30.3 Å². The van der Waals surface area contributed by atoms with E-state index >= 15 is 0 Å². The molecule has 0 saturated carbocycles. The van der Waals surface area contributed by atoms with Crippen LogP contribution in [0.4, 0.5) is 11.5 Å². The first kappa shape index (κ1) is 22.5. The summed E-state index contributed by atoms with van der Waals surface area (Å²) in [7, 11) is -3.70. The molecule has 1 saturated heterocycles. The van der Waals surface area contributed by atoms with Crippen LogP contribution in [0.15, 0.2) is 83.5 Å². The second-order valence-corrected chi connectivity index (χ2v) is 10.5. The van der Waals surface area contributed by atoms with Crippen LogP contribution in [-0.4, -0.2) is 54.4 Å². The maximum absolute atomic E-state index is 12.6. The zero-order valence-electron chi connectivity index (χ0n) is 18.4. The number of rotatable bonds is 7. The van der Waals surface area contributed by atoms with E-state index in [4.69, 9.17) is 4.98 Å². The van der Waals surface area contributed by atoms with E-state index < -0.39 is 10.0 Å². The number of nitrogens with zero attached hydrogens (tertiary/aromatic N) is 5. The van der Waals surface area contributed by atoms with Crippen LogP contribution in [0.1, 0.15) is 5.69 Å². The molecule has 8 nitrogen and oxygen atoms in total. The van der Waals surface area contributed by atoms with Crippen molar-refractivity contribution in [1.82, 2.24) is 19.9 Å². The van der Waals surface area contributed by atoms with Gasteiger partial charge in [0, 0.05) is 55.6 Å². The normalized spacial score (nSPS) is 14.8. The third-order valence-corrected chi connectivity index (χ3v) is 7.97. The third kappa shape index (κ3) is 5.24. The molecule has 1 N–H and O–H groups in total. The number of thiazole rings is 1. The Kier molecular flexibility index (Phi) is 6.52. The van der Waals surface area contributed by atoms with E-state index in [1.165, 1.54) is 18.6 Å². The summed E-state index contributed by atoms with van der Waals surface area (Å²) in [6.07, 6.45) is 2.79.